The lowest BCUT2D eigenvalue weighted by atomic mass is 10.1. The maximum Gasteiger partial charge on any atom is 0.0824 e. The van der Waals surface area contributed by atoms with Gasteiger partial charge >= 0.3 is 0 Å². The Kier molecular flexibility index (Phi) is 3.26. The molecule has 0 aromatic carbocycles. The van der Waals surface area contributed by atoms with E-state index in [-0.39, 0.29) is 0 Å². The van der Waals surface area contributed by atoms with Gasteiger partial charge in [0.25, 0.3) is 0 Å². The Hall–Kier alpha value is -0.860. The largest absolute Gasteiger partial charge is 0.252 e. The van der Waals surface area contributed by atoms with E-state index in [9.17, 15) is 0 Å². The Morgan fingerprint density at radius 3 is 2.75 bits per heavy atom. The van der Waals surface area contributed by atoms with E-state index >= 15 is 0 Å². The van der Waals surface area contributed by atoms with Crippen LogP contribution in [0.3, 0.4) is 0 Å². The molecule has 1 aromatic rings. The van der Waals surface area contributed by atoms with Crippen molar-refractivity contribution in [2.45, 2.75) is 40.2 Å². The minimum absolute atomic E-state index is 0.735. The summed E-state index contributed by atoms with van der Waals surface area (Å²) in [5, 5.41) is 8.05. The Labute approximate surface area is 73.8 Å². The number of nitrogens with zero attached hydrogens (tertiary/aromatic N) is 3. The maximum absolute atomic E-state index is 4.03. The summed E-state index contributed by atoms with van der Waals surface area (Å²) in [4.78, 5) is 0. The Morgan fingerprint density at radius 2 is 2.25 bits per heavy atom. The van der Waals surface area contributed by atoms with Gasteiger partial charge in [-0.2, -0.15) is 0 Å². The quantitative estimate of drug-likeness (QED) is 0.685. The highest BCUT2D eigenvalue weighted by Gasteiger charge is 1.99. The van der Waals surface area contributed by atoms with E-state index < -0.39 is 0 Å². The van der Waals surface area contributed by atoms with Crippen molar-refractivity contribution in [3.05, 3.63) is 11.9 Å². The standard InChI is InChI=1S/C9H17N3/c1-4-9-7-12(11-10-9)6-5-8(2)3/h7-8H,4-6H2,1-3H3. The van der Waals surface area contributed by atoms with Gasteiger partial charge in [-0.3, -0.25) is 4.68 Å². The summed E-state index contributed by atoms with van der Waals surface area (Å²) in [6, 6.07) is 0. The molecule has 1 rings (SSSR count). The third-order valence-electron chi connectivity index (χ3n) is 1.88. The molecular weight excluding hydrogens is 150 g/mol. The number of hydrogen-bond acceptors (Lipinski definition) is 2. The molecule has 0 aliphatic rings. The minimum atomic E-state index is 0.735. The first-order valence-electron chi connectivity index (χ1n) is 4.61. The molecular formula is C9H17N3. The summed E-state index contributed by atoms with van der Waals surface area (Å²) >= 11 is 0. The third kappa shape index (κ3) is 2.64. The van der Waals surface area contributed by atoms with Crippen molar-refractivity contribution in [3.8, 4) is 0 Å². The average Bonchev–Trinajstić information content (AvgIpc) is 2.48. The van der Waals surface area contributed by atoms with Gasteiger partial charge in [-0.05, 0) is 18.8 Å². The Balaban J connectivity index is 2.41. The molecule has 1 aromatic heterocycles. The van der Waals surface area contributed by atoms with E-state index in [0.29, 0.717) is 0 Å². The highest BCUT2D eigenvalue weighted by atomic mass is 15.4. The molecule has 68 valence electrons. The van der Waals surface area contributed by atoms with Crippen LogP contribution in [0.15, 0.2) is 6.20 Å². The topological polar surface area (TPSA) is 30.7 Å². The smallest absolute Gasteiger partial charge is 0.0824 e. The van der Waals surface area contributed by atoms with Crippen LogP contribution in [0.5, 0.6) is 0 Å². The molecule has 3 heteroatoms. The lowest BCUT2D eigenvalue weighted by Gasteiger charge is -2.02. The van der Waals surface area contributed by atoms with Crippen LogP contribution in [0.25, 0.3) is 0 Å². The van der Waals surface area contributed by atoms with E-state index in [1.165, 1.54) is 6.42 Å². The molecule has 0 bridgehead atoms. The molecule has 0 aliphatic heterocycles. The van der Waals surface area contributed by atoms with Crippen molar-refractivity contribution >= 4 is 0 Å². The van der Waals surface area contributed by atoms with Gasteiger partial charge in [-0.25, -0.2) is 0 Å². The zero-order valence-corrected chi connectivity index (χ0v) is 8.12. The van der Waals surface area contributed by atoms with Gasteiger partial charge in [0.1, 0.15) is 0 Å². The second kappa shape index (κ2) is 4.24. The number of aryl methyl sites for hydroxylation is 2. The number of aromatic nitrogens is 3. The molecule has 0 aliphatic carbocycles. The molecule has 0 radical (unpaired) electrons. The van der Waals surface area contributed by atoms with Gasteiger partial charge in [0.2, 0.25) is 0 Å². The zero-order chi connectivity index (χ0) is 8.97. The molecule has 12 heavy (non-hydrogen) atoms. The van der Waals surface area contributed by atoms with Crippen molar-refractivity contribution in [2.24, 2.45) is 5.92 Å². The monoisotopic (exact) mass is 167 g/mol. The summed E-state index contributed by atoms with van der Waals surface area (Å²) in [6.45, 7) is 7.52. The second-order valence-electron chi connectivity index (χ2n) is 3.51. The Morgan fingerprint density at radius 1 is 1.50 bits per heavy atom. The molecule has 0 saturated carbocycles. The summed E-state index contributed by atoms with van der Waals surface area (Å²) in [5.74, 6) is 0.735. The van der Waals surface area contributed by atoms with Crippen LogP contribution >= 0.6 is 0 Å². The number of hydrogen-bond donors (Lipinski definition) is 0. The summed E-state index contributed by atoms with van der Waals surface area (Å²) in [6.07, 6.45) is 4.18. The molecule has 0 atom stereocenters. The van der Waals surface area contributed by atoms with E-state index in [2.05, 4.69) is 31.1 Å². The van der Waals surface area contributed by atoms with E-state index in [0.717, 1.165) is 24.6 Å². The van der Waals surface area contributed by atoms with Crippen molar-refractivity contribution < 1.29 is 0 Å². The second-order valence-corrected chi connectivity index (χ2v) is 3.51. The van der Waals surface area contributed by atoms with Crippen molar-refractivity contribution in [2.75, 3.05) is 0 Å². The molecule has 0 N–H and O–H groups in total. The van der Waals surface area contributed by atoms with E-state index in [1.54, 1.807) is 0 Å². The van der Waals surface area contributed by atoms with Crippen LogP contribution in [0, 0.1) is 5.92 Å². The zero-order valence-electron chi connectivity index (χ0n) is 8.12. The highest BCUT2D eigenvalue weighted by Crippen LogP contribution is 2.02. The predicted molar refractivity (Wildman–Crippen MR) is 48.9 cm³/mol. The fourth-order valence-corrected chi connectivity index (χ4v) is 1.00. The first-order chi connectivity index (χ1) is 5.72. The first kappa shape index (κ1) is 9.23. The predicted octanol–water partition coefficient (Wildman–Crippen LogP) is 1.89. The fourth-order valence-electron chi connectivity index (χ4n) is 1.00. The molecule has 0 amide bonds. The molecule has 3 nitrogen and oxygen atoms in total. The van der Waals surface area contributed by atoms with Crippen LogP contribution in [0.1, 0.15) is 32.9 Å². The fraction of sp³-hybridized carbons (Fsp3) is 0.778. The maximum atomic E-state index is 4.03. The van der Waals surface area contributed by atoms with Crippen molar-refractivity contribution in [1.29, 1.82) is 0 Å². The summed E-state index contributed by atoms with van der Waals surface area (Å²) in [5.41, 5.74) is 1.08. The lowest BCUT2D eigenvalue weighted by Crippen LogP contribution is -2.01. The van der Waals surface area contributed by atoms with Gasteiger partial charge in [0.05, 0.1) is 5.69 Å². The normalized spacial score (nSPS) is 11.0. The first-order valence-corrected chi connectivity index (χ1v) is 4.61. The summed E-state index contributed by atoms with van der Waals surface area (Å²) in [7, 11) is 0. The lowest BCUT2D eigenvalue weighted by molar-refractivity contribution is 0.478. The molecule has 1 heterocycles. The van der Waals surface area contributed by atoms with E-state index in [1.807, 2.05) is 10.9 Å². The Bertz CT molecular complexity index is 227. The van der Waals surface area contributed by atoms with E-state index in [4.69, 9.17) is 0 Å². The SMILES string of the molecule is CCc1cn(CCC(C)C)nn1. The van der Waals surface area contributed by atoms with Crippen LogP contribution in [0.2, 0.25) is 0 Å². The number of rotatable bonds is 4. The van der Waals surface area contributed by atoms with Gasteiger partial charge in [0, 0.05) is 12.7 Å². The average molecular weight is 167 g/mol. The van der Waals surface area contributed by atoms with Crippen LogP contribution in [-0.2, 0) is 13.0 Å². The molecule has 0 fully saturated rings. The minimum Gasteiger partial charge on any atom is -0.252 e. The van der Waals surface area contributed by atoms with Gasteiger partial charge in [0.15, 0.2) is 0 Å². The van der Waals surface area contributed by atoms with Gasteiger partial charge in [-0.15, -0.1) is 5.10 Å². The molecule has 0 saturated heterocycles. The van der Waals surface area contributed by atoms with Crippen LogP contribution in [0.4, 0.5) is 0 Å². The van der Waals surface area contributed by atoms with Gasteiger partial charge in [-0.1, -0.05) is 26.0 Å². The summed E-state index contributed by atoms with van der Waals surface area (Å²) < 4.78 is 1.93. The van der Waals surface area contributed by atoms with Crippen LogP contribution in [-0.4, -0.2) is 15.0 Å². The molecule has 0 spiro atoms. The molecule has 0 unspecified atom stereocenters. The van der Waals surface area contributed by atoms with Crippen LogP contribution < -0.4 is 0 Å². The van der Waals surface area contributed by atoms with Gasteiger partial charge < -0.3 is 0 Å². The third-order valence-corrected chi connectivity index (χ3v) is 1.88. The highest BCUT2D eigenvalue weighted by molar-refractivity contribution is 4.90. The van der Waals surface area contributed by atoms with Crippen molar-refractivity contribution in [3.63, 3.8) is 0 Å². The van der Waals surface area contributed by atoms with Crippen molar-refractivity contribution in [1.82, 2.24) is 15.0 Å².